The van der Waals surface area contributed by atoms with Gasteiger partial charge in [-0.3, -0.25) is 0 Å². The van der Waals surface area contributed by atoms with E-state index in [9.17, 15) is 0 Å². The quantitative estimate of drug-likeness (QED) is 0.160. The molecule has 76 heavy (non-hydrogen) atoms. The van der Waals surface area contributed by atoms with E-state index in [4.69, 9.17) is 9.97 Å². The molecule has 0 aliphatic rings. The van der Waals surface area contributed by atoms with Crippen molar-refractivity contribution in [3.8, 4) is 56.7 Å². The van der Waals surface area contributed by atoms with Gasteiger partial charge in [0.05, 0.1) is 55.5 Å². The highest BCUT2D eigenvalue weighted by Gasteiger charge is 2.25. The first kappa shape index (κ1) is 42.2. The van der Waals surface area contributed by atoms with Gasteiger partial charge in [-0.25, -0.2) is 9.97 Å². The Balaban J connectivity index is 0.995. The topological polar surface area (TPSA) is 45.5 Å². The molecule has 354 valence electrons. The first-order valence-electron chi connectivity index (χ1n) is 25.9. The highest BCUT2D eigenvalue weighted by Crippen LogP contribution is 2.46. The maximum atomic E-state index is 5.28. The van der Waals surface area contributed by atoms with Crippen LogP contribution in [0.5, 0.6) is 0 Å². The van der Waals surface area contributed by atoms with Crippen LogP contribution >= 0.6 is 0 Å². The summed E-state index contributed by atoms with van der Waals surface area (Å²) in [6.45, 7) is 0. The maximum Gasteiger partial charge on any atom is 0.160 e. The molecule has 0 bridgehead atoms. The average Bonchev–Trinajstić information content (AvgIpc) is 4.31. The van der Waals surface area contributed by atoms with Crippen LogP contribution in [-0.4, -0.2) is 28.2 Å². The summed E-state index contributed by atoms with van der Waals surface area (Å²) >= 11 is 0. The Kier molecular flexibility index (Phi) is 9.23. The van der Waals surface area contributed by atoms with Crippen LogP contribution in [0.25, 0.3) is 144 Å². The fourth-order valence-electron chi connectivity index (χ4n) is 12.3. The summed E-state index contributed by atoms with van der Waals surface area (Å²) in [4.78, 5) is 10.4. The third kappa shape index (κ3) is 6.28. The normalized spacial score (nSPS) is 11.9. The molecule has 5 heterocycles. The Morgan fingerprint density at radius 2 is 0.645 bits per heavy atom. The smallest absolute Gasteiger partial charge is 0.160 e. The molecule has 0 aliphatic carbocycles. The number of hydrogen-bond donors (Lipinski definition) is 0. The lowest BCUT2D eigenvalue weighted by atomic mass is 10.0. The lowest BCUT2D eigenvalue weighted by Crippen LogP contribution is -1.96. The van der Waals surface area contributed by atoms with Gasteiger partial charge in [-0.15, -0.1) is 0 Å². The predicted molar refractivity (Wildman–Crippen MR) is 316 cm³/mol. The van der Waals surface area contributed by atoms with Crippen LogP contribution in [0.15, 0.2) is 267 Å². The van der Waals surface area contributed by atoms with Crippen LogP contribution in [0.4, 0.5) is 0 Å². The minimum absolute atomic E-state index is 0.696. The molecule has 0 fully saturated rings. The Morgan fingerprint density at radius 1 is 0.224 bits per heavy atom. The van der Waals surface area contributed by atoms with Crippen molar-refractivity contribution in [1.82, 2.24) is 28.2 Å². The second kappa shape index (κ2) is 16.6. The Hall–Kier alpha value is -10.3. The number of para-hydroxylation sites is 5. The zero-order valence-corrected chi connectivity index (χ0v) is 41.1. The van der Waals surface area contributed by atoms with E-state index in [-0.39, 0.29) is 0 Å². The third-order valence-corrected chi connectivity index (χ3v) is 15.5. The van der Waals surface area contributed by atoms with E-state index in [1.165, 1.54) is 48.7 Å². The van der Waals surface area contributed by atoms with Crippen LogP contribution in [0, 0.1) is 0 Å². The van der Waals surface area contributed by atoms with Crippen molar-refractivity contribution in [2.24, 2.45) is 0 Å². The minimum Gasteiger partial charge on any atom is -0.309 e. The molecular formula is C70H44N6. The monoisotopic (exact) mass is 968 g/mol. The first-order chi connectivity index (χ1) is 37.7. The Bertz CT molecular complexity index is 4890. The van der Waals surface area contributed by atoms with Gasteiger partial charge in [0.15, 0.2) is 5.82 Å². The van der Waals surface area contributed by atoms with Crippen molar-refractivity contribution >= 4 is 87.2 Å². The van der Waals surface area contributed by atoms with Crippen molar-refractivity contribution in [1.29, 1.82) is 0 Å². The SMILES string of the molecule is c1ccc(-c2cc(-c3ccc4c(c3)c3ccc5c(c6cc(-n7c8ccccc8c8c7ccc7c9ccccc9n(-c9ccccc9)c78)ccc6n5-c5ccccc5)c3n4-c3ccccc3)nc(-c3ccccc3)n2)cc1. The highest BCUT2D eigenvalue weighted by molar-refractivity contribution is 6.28. The molecular weight excluding hydrogens is 925 g/mol. The van der Waals surface area contributed by atoms with Crippen molar-refractivity contribution in [3.05, 3.63) is 267 Å². The molecule has 5 aromatic heterocycles. The minimum atomic E-state index is 0.696. The fraction of sp³-hybridized carbons (Fsp3) is 0. The van der Waals surface area contributed by atoms with Crippen LogP contribution in [0.3, 0.4) is 0 Å². The number of fused-ring (bicyclic) bond motifs is 14. The van der Waals surface area contributed by atoms with E-state index < -0.39 is 0 Å². The molecule has 0 spiro atoms. The van der Waals surface area contributed by atoms with Crippen LogP contribution in [-0.2, 0) is 0 Å². The van der Waals surface area contributed by atoms with Crippen LogP contribution < -0.4 is 0 Å². The van der Waals surface area contributed by atoms with Gasteiger partial charge >= 0.3 is 0 Å². The van der Waals surface area contributed by atoms with E-state index in [1.807, 2.05) is 24.3 Å². The summed E-state index contributed by atoms with van der Waals surface area (Å²) in [5.41, 5.74) is 18.5. The summed E-state index contributed by atoms with van der Waals surface area (Å²) in [6, 6.07) is 96.3. The molecule has 16 rings (SSSR count). The molecule has 0 atom stereocenters. The molecule has 0 amide bonds. The van der Waals surface area contributed by atoms with Gasteiger partial charge < -0.3 is 18.3 Å². The zero-order valence-electron chi connectivity index (χ0n) is 41.1. The zero-order chi connectivity index (χ0) is 49.8. The predicted octanol–water partition coefficient (Wildman–Crippen LogP) is 17.9. The number of nitrogens with zero attached hydrogens (tertiary/aromatic N) is 6. The van der Waals surface area contributed by atoms with Gasteiger partial charge in [-0.2, -0.15) is 0 Å². The van der Waals surface area contributed by atoms with E-state index in [1.54, 1.807) is 0 Å². The summed E-state index contributed by atoms with van der Waals surface area (Å²) in [6.07, 6.45) is 0. The molecule has 6 heteroatoms. The van der Waals surface area contributed by atoms with Crippen LogP contribution in [0.1, 0.15) is 0 Å². The molecule has 0 radical (unpaired) electrons. The summed E-state index contributed by atoms with van der Waals surface area (Å²) in [5, 5.41) is 9.60. The maximum absolute atomic E-state index is 5.28. The lowest BCUT2D eigenvalue weighted by Gasteiger charge is -2.11. The molecule has 16 aromatic rings. The Morgan fingerprint density at radius 3 is 1.26 bits per heavy atom. The lowest BCUT2D eigenvalue weighted by molar-refractivity contribution is 1.16. The molecule has 11 aromatic carbocycles. The standard InChI is InChI=1S/C70H44N6/c1-6-20-45(21-7-1)58-44-59(72-70(71-58)46-22-8-2-9-23-46)47-34-38-62-56(42-47)54-37-41-65-67(69(54)76(62)50-28-14-5-15-29-50)57-43-51(35-39-63(57)73(65)48-24-10-3-11-25-48)74-61-33-19-17-31-55(61)66-64(74)40-36-53-52-30-16-18-32-60(52)75(68(53)66)49-26-12-4-13-27-49/h1-44H. The van der Waals surface area contributed by atoms with Gasteiger partial charge in [0.2, 0.25) is 0 Å². The van der Waals surface area contributed by atoms with E-state index in [0.717, 1.165) is 89.3 Å². The summed E-state index contributed by atoms with van der Waals surface area (Å²) in [5.74, 6) is 0.696. The van der Waals surface area contributed by atoms with Crippen molar-refractivity contribution in [3.63, 3.8) is 0 Å². The first-order valence-corrected chi connectivity index (χ1v) is 25.9. The average molecular weight is 969 g/mol. The second-order valence-electron chi connectivity index (χ2n) is 19.7. The Labute approximate surface area is 436 Å². The van der Waals surface area contributed by atoms with Gasteiger partial charge in [-0.1, -0.05) is 170 Å². The van der Waals surface area contributed by atoms with E-state index in [2.05, 4.69) is 261 Å². The number of rotatable bonds is 7. The van der Waals surface area contributed by atoms with E-state index in [0.29, 0.717) is 5.82 Å². The molecule has 0 N–H and O–H groups in total. The molecule has 0 aliphatic heterocycles. The van der Waals surface area contributed by atoms with Crippen molar-refractivity contribution in [2.75, 3.05) is 0 Å². The van der Waals surface area contributed by atoms with Crippen LogP contribution in [0.2, 0.25) is 0 Å². The molecule has 0 unspecified atom stereocenters. The van der Waals surface area contributed by atoms with Gasteiger partial charge in [-0.05, 0) is 97.1 Å². The van der Waals surface area contributed by atoms with Gasteiger partial charge in [0.1, 0.15) is 0 Å². The summed E-state index contributed by atoms with van der Waals surface area (Å²) in [7, 11) is 0. The number of hydrogen-bond acceptors (Lipinski definition) is 2. The van der Waals surface area contributed by atoms with Crippen molar-refractivity contribution in [2.45, 2.75) is 0 Å². The molecule has 6 nitrogen and oxygen atoms in total. The number of benzene rings is 11. The third-order valence-electron chi connectivity index (χ3n) is 15.5. The van der Waals surface area contributed by atoms with Gasteiger partial charge in [0, 0.05) is 82.5 Å². The van der Waals surface area contributed by atoms with Crippen molar-refractivity contribution < 1.29 is 0 Å². The summed E-state index contributed by atoms with van der Waals surface area (Å²) < 4.78 is 9.86. The van der Waals surface area contributed by atoms with E-state index >= 15 is 0 Å². The second-order valence-corrected chi connectivity index (χ2v) is 19.7. The fourth-order valence-corrected chi connectivity index (χ4v) is 12.3. The number of aromatic nitrogens is 6. The largest absolute Gasteiger partial charge is 0.309 e. The highest BCUT2D eigenvalue weighted by atomic mass is 15.0. The molecule has 0 saturated heterocycles. The molecule has 0 saturated carbocycles. The van der Waals surface area contributed by atoms with Gasteiger partial charge in [0.25, 0.3) is 0 Å².